The summed E-state index contributed by atoms with van der Waals surface area (Å²) in [5, 5.41) is 25.1. The van der Waals surface area contributed by atoms with Crippen molar-refractivity contribution in [2.75, 3.05) is 36.6 Å². The van der Waals surface area contributed by atoms with Crippen molar-refractivity contribution in [2.24, 2.45) is 0 Å². The number of pyridine rings is 1. The van der Waals surface area contributed by atoms with Crippen molar-refractivity contribution in [3.63, 3.8) is 0 Å². The third-order valence-electron chi connectivity index (χ3n) is 5.23. The molecule has 1 atom stereocenters. The Kier molecular flexibility index (Phi) is 6.34. The molecule has 1 aliphatic heterocycles. The Morgan fingerprint density at radius 2 is 2.16 bits per heavy atom. The summed E-state index contributed by atoms with van der Waals surface area (Å²) in [6, 6.07) is 5.55. The van der Waals surface area contributed by atoms with Crippen molar-refractivity contribution in [2.45, 2.75) is 25.5 Å². The van der Waals surface area contributed by atoms with Gasteiger partial charge in [0.15, 0.2) is 11.6 Å². The van der Waals surface area contributed by atoms with Crippen LogP contribution in [0.2, 0.25) is 5.02 Å². The first-order valence-electron chi connectivity index (χ1n) is 9.97. The minimum absolute atomic E-state index is 0.151. The second kappa shape index (κ2) is 9.32. The smallest absolute Gasteiger partial charge is 0.158 e. The highest BCUT2D eigenvalue weighted by Gasteiger charge is 2.19. The Labute approximate surface area is 184 Å². The van der Waals surface area contributed by atoms with Crippen molar-refractivity contribution in [3.05, 3.63) is 40.5 Å². The van der Waals surface area contributed by atoms with E-state index < -0.39 is 0 Å². The van der Waals surface area contributed by atoms with Crippen LogP contribution in [0.25, 0.3) is 10.8 Å². The van der Waals surface area contributed by atoms with Gasteiger partial charge in [-0.1, -0.05) is 17.7 Å². The second-order valence-corrected chi connectivity index (χ2v) is 7.63. The number of fused-ring (bicyclic) bond motifs is 1. The van der Waals surface area contributed by atoms with Crippen molar-refractivity contribution >= 4 is 46.0 Å². The molecule has 0 aliphatic carbocycles. The molecule has 0 spiro atoms. The first-order chi connectivity index (χ1) is 15.1. The molecule has 9 nitrogen and oxygen atoms in total. The fourth-order valence-electron chi connectivity index (χ4n) is 3.60. The van der Waals surface area contributed by atoms with Crippen LogP contribution in [0.1, 0.15) is 24.0 Å². The summed E-state index contributed by atoms with van der Waals surface area (Å²) in [6.07, 6.45) is 5.07. The van der Waals surface area contributed by atoms with Crippen LogP contribution in [-0.4, -0.2) is 47.8 Å². The highest BCUT2D eigenvalue weighted by Crippen LogP contribution is 2.31. The number of nitrogens with zero attached hydrogens (tertiary/aromatic N) is 3. The maximum Gasteiger partial charge on any atom is 0.158 e. The lowest BCUT2D eigenvalue weighted by Crippen LogP contribution is -2.19. The summed E-state index contributed by atoms with van der Waals surface area (Å²) in [5.41, 5.74) is 7.47. The summed E-state index contributed by atoms with van der Waals surface area (Å²) in [5.74, 6) is 1.97. The minimum Gasteiger partial charge on any atom is -0.495 e. The van der Waals surface area contributed by atoms with Gasteiger partial charge in [0.25, 0.3) is 0 Å². The number of halogens is 1. The van der Waals surface area contributed by atoms with E-state index in [1.807, 2.05) is 18.2 Å². The van der Waals surface area contributed by atoms with E-state index in [2.05, 4.69) is 25.8 Å². The molecule has 4 rings (SSSR count). The van der Waals surface area contributed by atoms with E-state index in [1.165, 1.54) is 6.21 Å². The highest BCUT2D eigenvalue weighted by atomic mass is 35.5. The van der Waals surface area contributed by atoms with Crippen molar-refractivity contribution in [3.8, 4) is 5.75 Å². The minimum atomic E-state index is 0.151. The lowest BCUT2D eigenvalue weighted by Gasteiger charge is -2.16. The second-order valence-electron chi connectivity index (χ2n) is 7.23. The predicted molar refractivity (Wildman–Crippen MR) is 122 cm³/mol. The molecule has 2 aromatic heterocycles. The van der Waals surface area contributed by atoms with E-state index in [-0.39, 0.29) is 11.9 Å². The quantitative estimate of drug-likeness (QED) is 0.391. The lowest BCUT2D eigenvalue weighted by atomic mass is 10.1. The molecule has 1 saturated heterocycles. The number of anilines is 3. The zero-order valence-corrected chi connectivity index (χ0v) is 17.9. The van der Waals surface area contributed by atoms with Gasteiger partial charge in [0.05, 0.1) is 18.2 Å². The van der Waals surface area contributed by atoms with Crippen LogP contribution in [0.5, 0.6) is 5.75 Å². The molecule has 10 heteroatoms. The Morgan fingerprint density at radius 1 is 1.32 bits per heavy atom. The van der Waals surface area contributed by atoms with Gasteiger partial charge < -0.3 is 31.3 Å². The van der Waals surface area contributed by atoms with Gasteiger partial charge in [-0.3, -0.25) is 0 Å². The molecule has 3 heterocycles. The third-order valence-corrected chi connectivity index (χ3v) is 5.53. The molecule has 0 amide bonds. The van der Waals surface area contributed by atoms with Gasteiger partial charge in [0.1, 0.15) is 11.6 Å². The molecular weight excluding hydrogens is 418 g/mol. The molecule has 0 saturated carbocycles. The van der Waals surface area contributed by atoms with Crippen LogP contribution in [0.4, 0.5) is 17.5 Å². The van der Waals surface area contributed by atoms with Gasteiger partial charge in [0, 0.05) is 48.4 Å². The Bertz CT molecular complexity index is 1100. The number of methoxy groups -OCH3 is 1. The molecule has 0 radical (unpaired) electrons. The molecule has 162 valence electrons. The fourth-order valence-corrected chi connectivity index (χ4v) is 3.88. The van der Waals surface area contributed by atoms with Gasteiger partial charge >= 0.3 is 0 Å². The number of rotatable bonds is 8. The normalized spacial score (nSPS) is 15.7. The van der Waals surface area contributed by atoms with Crippen LogP contribution >= 0.6 is 11.6 Å². The highest BCUT2D eigenvalue weighted by molar-refractivity contribution is 6.32. The van der Waals surface area contributed by atoms with Gasteiger partial charge in [-0.15, -0.1) is 10.2 Å². The number of ether oxygens (including phenoxy) is 2. The molecule has 1 unspecified atom stereocenters. The maximum absolute atomic E-state index is 7.85. The largest absolute Gasteiger partial charge is 0.495 e. The lowest BCUT2D eigenvalue weighted by molar-refractivity contribution is 0.120. The van der Waals surface area contributed by atoms with Gasteiger partial charge in [-0.05, 0) is 30.5 Å². The third kappa shape index (κ3) is 4.47. The summed E-state index contributed by atoms with van der Waals surface area (Å²) >= 11 is 6.23. The summed E-state index contributed by atoms with van der Waals surface area (Å²) < 4.78 is 10.9. The first-order valence-corrected chi connectivity index (χ1v) is 10.4. The molecule has 1 aromatic carbocycles. The average Bonchev–Trinajstić information content (AvgIpc) is 3.30. The van der Waals surface area contributed by atoms with Crippen molar-refractivity contribution in [1.29, 1.82) is 5.41 Å². The first kappa shape index (κ1) is 21.1. The van der Waals surface area contributed by atoms with E-state index in [1.54, 1.807) is 13.3 Å². The van der Waals surface area contributed by atoms with Crippen molar-refractivity contribution in [1.82, 2.24) is 15.2 Å². The fraction of sp³-hybridized carbons (Fsp3) is 0.333. The van der Waals surface area contributed by atoms with Crippen LogP contribution in [0.15, 0.2) is 24.4 Å². The number of hydrogen-bond donors (Lipinski definition) is 4. The molecule has 31 heavy (non-hydrogen) atoms. The summed E-state index contributed by atoms with van der Waals surface area (Å²) in [4.78, 5) is 4.24. The van der Waals surface area contributed by atoms with Gasteiger partial charge in [-0.2, -0.15) is 0 Å². The van der Waals surface area contributed by atoms with E-state index in [9.17, 15) is 0 Å². The average molecular weight is 442 g/mol. The SMILES string of the molecule is COc1ccc(CNc2nnc(NCC3CCCO3)c3cnc(N)c(C=N)c23)cc1Cl. The molecule has 1 aliphatic rings. The number of nitrogen functional groups attached to an aromatic ring is 1. The van der Waals surface area contributed by atoms with Crippen LogP contribution in [-0.2, 0) is 11.3 Å². The summed E-state index contributed by atoms with van der Waals surface area (Å²) in [6.45, 7) is 1.87. The van der Waals surface area contributed by atoms with Crippen LogP contribution in [0.3, 0.4) is 0 Å². The molecular formula is C21H24ClN7O2. The van der Waals surface area contributed by atoms with Crippen LogP contribution < -0.4 is 21.1 Å². The Morgan fingerprint density at radius 3 is 2.87 bits per heavy atom. The van der Waals surface area contributed by atoms with Gasteiger partial charge in [-0.25, -0.2) is 4.98 Å². The number of nitrogens with two attached hydrogens (primary N) is 1. The monoisotopic (exact) mass is 441 g/mol. The van der Waals surface area contributed by atoms with Gasteiger partial charge in [0.2, 0.25) is 0 Å². The zero-order valence-electron chi connectivity index (χ0n) is 17.1. The molecule has 3 aromatic rings. The Hall–Kier alpha value is -3.17. The molecule has 1 fully saturated rings. The van der Waals surface area contributed by atoms with Crippen LogP contribution in [0, 0.1) is 5.41 Å². The van der Waals surface area contributed by atoms with Crippen molar-refractivity contribution < 1.29 is 9.47 Å². The predicted octanol–water partition coefficient (Wildman–Crippen LogP) is 3.47. The standard InChI is InChI=1S/C21H24ClN7O2/c1-30-17-5-4-12(7-16(17)22)9-26-21-18-14(8-23)19(24)25-11-15(18)20(28-29-21)27-10-13-3-2-6-31-13/h4-5,7-8,11,13,23H,2-3,6,9-10H2,1H3,(H2,24,25)(H,26,29)(H,27,28). The number of aromatic nitrogens is 3. The topological polar surface area (TPSA) is 131 Å². The zero-order chi connectivity index (χ0) is 21.8. The van der Waals surface area contributed by atoms with E-state index in [0.717, 1.165) is 30.4 Å². The number of benzene rings is 1. The summed E-state index contributed by atoms with van der Waals surface area (Å²) in [7, 11) is 1.58. The maximum atomic E-state index is 7.85. The number of nitrogens with one attached hydrogen (secondary N) is 3. The van der Waals surface area contributed by atoms with E-state index in [4.69, 9.17) is 32.2 Å². The van der Waals surface area contributed by atoms with E-state index in [0.29, 0.717) is 46.4 Å². The number of hydrogen-bond acceptors (Lipinski definition) is 9. The van der Waals surface area contributed by atoms with E-state index >= 15 is 0 Å². The Balaban J connectivity index is 1.64. The molecule has 0 bridgehead atoms. The molecule has 5 N–H and O–H groups in total.